The van der Waals surface area contributed by atoms with E-state index in [1.54, 1.807) is 39.8 Å². The van der Waals surface area contributed by atoms with Crippen LogP contribution in [-0.2, 0) is 16.1 Å². The molecule has 0 bridgehead atoms. The number of hydrogen-bond donors (Lipinski definition) is 0. The monoisotopic (exact) mass is 555 g/mol. The zero-order valence-corrected chi connectivity index (χ0v) is 22.9. The molecule has 0 fully saturated rings. The van der Waals surface area contributed by atoms with Crippen molar-refractivity contribution in [3.8, 4) is 22.6 Å². The number of benzene rings is 2. The fourth-order valence-corrected chi connectivity index (χ4v) is 4.45. The zero-order chi connectivity index (χ0) is 26.4. The number of pyridine rings is 1. The SMILES string of the molecule is CCOC(=O)c1c(C)nc(C)c(C(=O)OCC)c1-c1cc(Br)c(OCc2ccc(C)cc2)c(OC)c1. The van der Waals surface area contributed by atoms with Gasteiger partial charge in [0.2, 0.25) is 0 Å². The summed E-state index contributed by atoms with van der Waals surface area (Å²) in [6.45, 7) is 9.59. The lowest BCUT2D eigenvalue weighted by Gasteiger charge is -2.20. The minimum atomic E-state index is -0.571. The van der Waals surface area contributed by atoms with Crippen LogP contribution in [0.5, 0.6) is 11.5 Å². The van der Waals surface area contributed by atoms with Crippen LogP contribution in [0.1, 0.15) is 57.1 Å². The number of hydrogen-bond acceptors (Lipinski definition) is 7. The minimum absolute atomic E-state index is 0.180. The van der Waals surface area contributed by atoms with Gasteiger partial charge in [-0.05, 0) is 73.8 Å². The third-order valence-corrected chi connectivity index (χ3v) is 6.13. The van der Waals surface area contributed by atoms with E-state index in [0.717, 1.165) is 5.56 Å². The first kappa shape index (κ1) is 27.2. The summed E-state index contributed by atoms with van der Waals surface area (Å²) in [4.78, 5) is 30.5. The Morgan fingerprint density at radius 3 is 1.94 bits per heavy atom. The van der Waals surface area contributed by atoms with Crippen LogP contribution in [0, 0.1) is 20.8 Å². The number of ether oxygens (including phenoxy) is 4. The molecule has 0 spiro atoms. The van der Waals surface area contributed by atoms with Crippen molar-refractivity contribution in [3.63, 3.8) is 0 Å². The normalized spacial score (nSPS) is 10.6. The van der Waals surface area contributed by atoms with Gasteiger partial charge in [0, 0.05) is 5.56 Å². The second-order valence-electron chi connectivity index (χ2n) is 8.11. The van der Waals surface area contributed by atoms with Gasteiger partial charge in [0.25, 0.3) is 0 Å². The fraction of sp³-hybridized carbons (Fsp3) is 0.321. The van der Waals surface area contributed by atoms with Gasteiger partial charge in [-0.25, -0.2) is 9.59 Å². The highest BCUT2D eigenvalue weighted by Gasteiger charge is 2.29. The number of nitrogens with zero attached hydrogens (tertiary/aromatic N) is 1. The van der Waals surface area contributed by atoms with Crippen molar-refractivity contribution in [3.05, 3.63) is 74.5 Å². The number of methoxy groups -OCH3 is 1. The molecule has 0 amide bonds. The molecule has 0 atom stereocenters. The van der Waals surface area contributed by atoms with Crippen molar-refractivity contribution in [2.75, 3.05) is 20.3 Å². The van der Waals surface area contributed by atoms with Gasteiger partial charge in [-0.15, -0.1) is 0 Å². The molecule has 0 aliphatic heterocycles. The topological polar surface area (TPSA) is 84.0 Å². The summed E-state index contributed by atoms with van der Waals surface area (Å²) in [6.07, 6.45) is 0. The summed E-state index contributed by atoms with van der Waals surface area (Å²) < 4.78 is 23.0. The molecule has 1 aromatic heterocycles. The molecule has 7 nitrogen and oxygen atoms in total. The van der Waals surface area contributed by atoms with Crippen LogP contribution in [0.25, 0.3) is 11.1 Å². The van der Waals surface area contributed by atoms with Gasteiger partial charge in [-0.3, -0.25) is 4.98 Å². The maximum absolute atomic E-state index is 13.0. The van der Waals surface area contributed by atoms with Crippen molar-refractivity contribution in [1.29, 1.82) is 0 Å². The molecule has 8 heteroatoms. The van der Waals surface area contributed by atoms with Gasteiger partial charge in [-0.1, -0.05) is 29.8 Å². The van der Waals surface area contributed by atoms with Crippen molar-refractivity contribution in [2.24, 2.45) is 0 Å². The van der Waals surface area contributed by atoms with Gasteiger partial charge in [0.05, 0.1) is 47.3 Å². The van der Waals surface area contributed by atoms with E-state index in [9.17, 15) is 9.59 Å². The number of carbonyl (C=O) groups excluding carboxylic acids is 2. The van der Waals surface area contributed by atoms with E-state index in [0.29, 0.717) is 45.1 Å². The van der Waals surface area contributed by atoms with E-state index in [4.69, 9.17) is 18.9 Å². The molecular weight excluding hydrogens is 526 g/mol. The molecule has 0 aliphatic carbocycles. The molecule has 36 heavy (non-hydrogen) atoms. The highest BCUT2D eigenvalue weighted by atomic mass is 79.9. The maximum atomic E-state index is 13.0. The Balaban J connectivity index is 2.18. The zero-order valence-electron chi connectivity index (χ0n) is 21.4. The summed E-state index contributed by atoms with van der Waals surface area (Å²) >= 11 is 3.59. The average molecular weight is 556 g/mol. The van der Waals surface area contributed by atoms with E-state index in [1.807, 2.05) is 31.2 Å². The standard InChI is InChI=1S/C28H30BrNO6/c1-7-34-27(31)23-17(4)30-18(5)24(28(32)35-8-2)25(23)20-13-21(29)26(22(14-20)33-6)36-15-19-11-9-16(3)10-12-19/h9-14H,7-8,15H2,1-6H3. The largest absolute Gasteiger partial charge is 0.493 e. The average Bonchev–Trinajstić information content (AvgIpc) is 2.83. The third-order valence-electron chi connectivity index (χ3n) is 5.54. The molecule has 2 aromatic carbocycles. The smallest absolute Gasteiger partial charge is 0.340 e. The van der Waals surface area contributed by atoms with Crippen LogP contribution in [0.2, 0.25) is 0 Å². The predicted molar refractivity (Wildman–Crippen MR) is 141 cm³/mol. The van der Waals surface area contributed by atoms with Crippen molar-refractivity contribution in [1.82, 2.24) is 4.98 Å². The first-order valence-electron chi connectivity index (χ1n) is 11.6. The summed E-state index contributed by atoms with van der Waals surface area (Å²) in [6, 6.07) is 11.6. The Bertz CT molecular complexity index is 1230. The molecule has 1 heterocycles. The Morgan fingerprint density at radius 1 is 0.889 bits per heavy atom. The Hall–Kier alpha value is -3.39. The number of halogens is 1. The van der Waals surface area contributed by atoms with Crippen molar-refractivity contribution < 1.29 is 28.5 Å². The maximum Gasteiger partial charge on any atom is 0.340 e. The highest BCUT2D eigenvalue weighted by Crippen LogP contribution is 2.42. The lowest BCUT2D eigenvalue weighted by Crippen LogP contribution is -2.17. The molecule has 3 aromatic rings. The minimum Gasteiger partial charge on any atom is -0.493 e. The van der Waals surface area contributed by atoms with Crippen LogP contribution < -0.4 is 9.47 Å². The molecule has 0 saturated heterocycles. The summed E-state index contributed by atoms with van der Waals surface area (Å²) in [7, 11) is 1.53. The highest BCUT2D eigenvalue weighted by molar-refractivity contribution is 9.10. The molecule has 0 unspecified atom stereocenters. The Kier molecular flexibility index (Phi) is 9.09. The van der Waals surface area contributed by atoms with Gasteiger partial charge in [0.15, 0.2) is 11.5 Å². The van der Waals surface area contributed by atoms with Crippen molar-refractivity contribution in [2.45, 2.75) is 41.2 Å². The molecular formula is C28H30BrNO6. The summed E-state index contributed by atoms with van der Waals surface area (Å²) in [5.41, 5.74) is 4.41. The molecule has 0 aliphatic rings. The molecule has 0 saturated carbocycles. The van der Waals surface area contributed by atoms with E-state index >= 15 is 0 Å². The Labute approximate surface area is 219 Å². The molecule has 190 valence electrons. The number of rotatable bonds is 9. The summed E-state index contributed by atoms with van der Waals surface area (Å²) in [5.74, 6) is -0.210. The second kappa shape index (κ2) is 12.0. The van der Waals surface area contributed by atoms with Gasteiger partial charge in [-0.2, -0.15) is 0 Å². The lowest BCUT2D eigenvalue weighted by atomic mass is 9.92. The summed E-state index contributed by atoms with van der Waals surface area (Å²) in [5, 5.41) is 0. The van der Waals surface area contributed by atoms with Gasteiger partial charge >= 0.3 is 11.9 Å². The quantitative estimate of drug-likeness (QED) is 0.283. The third kappa shape index (κ3) is 5.87. The van der Waals surface area contributed by atoms with Crippen LogP contribution >= 0.6 is 15.9 Å². The molecule has 0 N–H and O–H groups in total. The van der Waals surface area contributed by atoms with Crippen LogP contribution in [0.3, 0.4) is 0 Å². The van der Waals surface area contributed by atoms with Crippen LogP contribution in [0.15, 0.2) is 40.9 Å². The fourth-order valence-electron chi connectivity index (χ4n) is 3.89. The van der Waals surface area contributed by atoms with E-state index in [1.165, 1.54) is 12.7 Å². The number of aryl methyl sites for hydroxylation is 3. The Morgan fingerprint density at radius 2 is 1.44 bits per heavy atom. The number of aromatic nitrogens is 1. The van der Waals surface area contributed by atoms with Crippen molar-refractivity contribution >= 4 is 27.9 Å². The van der Waals surface area contributed by atoms with E-state index < -0.39 is 11.9 Å². The van der Waals surface area contributed by atoms with Crippen LogP contribution in [-0.4, -0.2) is 37.2 Å². The first-order chi connectivity index (χ1) is 17.2. The van der Waals surface area contributed by atoms with E-state index in [2.05, 4.69) is 20.9 Å². The first-order valence-corrected chi connectivity index (χ1v) is 12.4. The van der Waals surface area contributed by atoms with Crippen LogP contribution in [0.4, 0.5) is 0 Å². The predicted octanol–water partition coefficient (Wildman–Crippen LogP) is 6.38. The van der Waals surface area contributed by atoms with Gasteiger partial charge in [0.1, 0.15) is 6.61 Å². The number of carbonyl (C=O) groups is 2. The molecule has 0 radical (unpaired) electrons. The van der Waals surface area contributed by atoms with Gasteiger partial charge < -0.3 is 18.9 Å². The lowest BCUT2D eigenvalue weighted by molar-refractivity contribution is 0.0525. The molecule has 3 rings (SSSR count). The second-order valence-corrected chi connectivity index (χ2v) is 8.97. The van der Waals surface area contributed by atoms with E-state index in [-0.39, 0.29) is 24.3 Å². The number of esters is 2.